The van der Waals surface area contributed by atoms with E-state index in [9.17, 15) is 78.8 Å². The van der Waals surface area contributed by atoms with Crippen molar-refractivity contribution >= 4 is 47.4 Å². The van der Waals surface area contributed by atoms with Crippen molar-refractivity contribution in [2.45, 2.75) is 92.0 Å². The van der Waals surface area contributed by atoms with E-state index in [0.29, 0.717) is 0 Å². The van der Waals surface area contributed by atoms with Crippen LogP contribution in [0.2, 0.25) is 0 Å². The zero-order valence-electron chi connectivity index (χ0n) is 24.7. The summed E-state index contributed by atoms with van der Waals surface area (Å²) in [7, 11) is -21.1. The molecule has 0 spiro atoms. The second kappa shape index (κ2) is 16.5. The van der Waals surface area contributed by atoms with Crippen LogP contribution in [0.1, 0.15) is 0 Å². The molecule has 0 bridgehead atoms. The molecule has 15 atom stereocenters. The van der Waals surface area contributed by atoms with Crippen LogP contribution in [0.25, 0.3) is 0 Å². The molecule has 13 N–H and O–H groups in total. The molecule has 51 heavy (non-hydrogen) atoms. The van der Waals surface area contributed by atoms with Gasteiger partial charge in [-0.25, -0.2) is 13.2 Å². The van der Waals surface area contributed by atoms with E-state index in [2.05, 4.69) is 8.37 Å². The summed E-state index contributed by atoms with van der Waals surface area (Å²) < 4.78 is 163. The van der Waals surface area contributed by atoms with Gasteiger partial charge in [-0.2, -0.15) is 43.1 Å². The average molecular weight is 837 g/mol. The Balaban J connectivity index is 1.93. The molecule has 3 saturated heterocycles. The Kier molecular flexibility index (Phi) is 14.2. The molecule has 3 aliphatic rings. The SMILES string of the molecule is O=C(O)[C@H]1O[C@@H](O[C@H]2[C@H](O)[C@@H](NS(=O)(=O)O)C(O)O[C@@H]2COS(=O)(=O)O)[C@H](O)[C@@H](O)[C@@H]1O[C@H]1O[C@H](COS(=O)(=O)O)[C@@H](O)[C@H](O)[C@H]1NS(=O)(=O)O. The van der Waals surface area contributed by atoms with Crippen LogP contribution in [0.3, 0.4) is 0 Å². The largest absolute Gasteiger partial charge is 0.479 e. The van der Waals surface area contributed by atoms with E-state index in [1.165, 1.54) is 9.44 Å². The number of rotatable bonds is 15. The summed E-state index contributed by atoms with van der Waals surface area (Å²) in [6, 6.07) is -4.57. The zero-order chi connectivity index (χ0) is 39.0. The highest BCUT2D eigenvalue weighted by molar-refractivity contribution is 7.84. The third kappa shape index (κ3) is 12.3. The van der Waals surface area contributed by atoms with Gasteiger partial charge in [0.1, 0.15) is 67.0 Å². The molecular weight excluding hydrogens is 804 g/mol. The highest BCUT2D eigenvalue weighted by Gasteiger charge is 2.56. The van der Waals surface area contributed by atoms with Crippen LogP contribution in [0.4, 0.5) is 0 Å². The molecular formula is C18H32N2O27S4. The number of hydrogen-bond acceptors (Lipinski definition) is 22. The maximum atomic E-state index is 12.2. The van der Waals surface area contributed by atoms with E-state index >= 15 is 0 Å². The monoisotopic (exact) mass is 836 g/mol. The summed E-state index contributed by atoms with van der Waals surface area (Å²) in [6.45, 7) is -2.65. The first-order valence-corrected chi connectivity index (χ1v) is 19.0. The number of nitrogens with one attached hydrogen (secondary N) is 2. The van der Waals surface area contributed by atoms with Gasteiger partial charge in [0.2, 0.25) is 0 Å². The van der Waals surface area contributed by atoms with Crippen LogP contribution >= 0.6 is 0 Å². The lowest BCUT2D eigenvalue weighted by atomic mass is 9.95. The second-order valence-electron chi connectivity index (χ2n) is 10.7. The second-order valence-corrected chi connectivity index (χ2v) is 15.2. The molecule has 0 aromatic carbocycles. The molecule has 29 nitrogen and oxygen atoms in total. The van der Waals surface area contributed by atoms with Gasteiger partial charge >= 0.3 is 47.4 Å². The number of carbonyl (C=O) groups is 1. The summed E-state index contributed by atoms with van der Waals surface area (Å²) in [5.74, 6) is -2.09. The van der Waals surface area contributed by atoms with Crippen LogP contribution in [-0.4, -0.2) is 199 Å². The average Bonchev–Trinajstić information content (AvgIpc) is 2.96. The van der Waals surface area contributed by atoms with Gasteiger partial charge in [-0.3, -0.25) is 18.2 Å². The molecule has 33 heteroatoms. The van der Waals surface area contributed by atoms with Crippen molar-refractivity contribution in [2.24, 2.45) is 0 Å². The number of ether oxygens (including phenoxy) is 5. The van der Waals surface area contributed by atoms with E-state index in [-0.39, 0.29) is 0 Å². The first-order chi connectivity index (χ1) is 23.1. The summed E-state index contributed by atoms with van der Waals surface area (Å²) in [6.07, 6.45) is -31.0. The smallest absolute Gasteiger partial charge is 0.397 e. The first kappa shape index (κ1) is 43.9. The van der Waals surface area contributed by atoms with Crippen molar-refractivity contribution in [1.29, 1.82) is 0 Å². The van der Waals surface area contributed by atoms with Gasteiger partial charge in [0.25, 0.3) is 0 Å². The van der Waals surface area contributed by atoms with Gasteiger partial charge in [-0.15, -0.1) is 0 Å². The Bertz CT molecular complexity index is 1650. The molecule has 3 fully saturated rings. The fraction of sp³-hybridized carbons (Fsp3) is 0.944. The van der Waals surface area contributed by atoms with E-state index in [1.807, 2.05) is 0 Å². The summed E-state index contributed by atoms with van der Waals surface area (Å²) in [5, 5.41) is 73.3. The third-order valence-corrected chi connectivity index (χ3v) is 9.10. The lowest BCUT2D eigenvalue weighted by molar-refractivity contribution is -0.360. The van der Waals surface area contributed by atoms with Gasteiger partial charge in [-0.05, 0) is 0 Å². The standard InChI is InChI=1S/C18H32N2O27S4/c21-7-3(1-41-50(35,36)37)44-17(6(8(7)22)20-49(32,33)34)46-13-10(24)11(25)18(47-14(13)15(26)27)45-12-4(2-42-51(38,39)40)43-16(28)5(9(12)23)19-48(29,30)31/h3-14,16-25,28H,1-2H2,(H,26,27)(H,29,30,31)(H,32,33,34)(H,35,36,37)(H,38,39,40)/t3-,4-,5-,6-,7-,8-,9-,10-,11-,12-,13+,14+,16?,17-,18-/m1/s1. The van der Waals surface area contributed by atoms with Crippen LogP contribution in [0.15, 0.2) is 0 Å². The van der Waals surface area contributed by atoms with Crippen LogP contribution in [0, 0.1) is 0 Å². The predicted molar refractivity (Wildman–Crippen MR) is 148 cm³/mol. The highest BCUT2D eigenvalue weighted by atomic mass is 32.3. The molecule has 0 amide bonds. The zero-order valence-corrected chi connectivity index (χ0v) is 27.9. The van der Waals surface area contributed by atoms with Gasteiger partial charge in [0.05, 0.1) is 13.2 Å². The molecule has 1 unspecified atom stereocenters. The Morgan fingerprint density at radius 2 is 1.06 bits per heavy atom. The van der Waals surface area contributed by atoms with E-state index in [1.54, 1.807) is 0 Å². The molecule has 0 aromatic rings. The normalized spacial score (nSPS) is 40.2. The molecule has 0 saturated carbocycles. The Morgan fingerprint density at radius 1 is 0.569 bits per heavy atom. The molecule has 0 aromatic heterocycles. The van der Waals surface area contributed by atoms with E-state index < -0.39 is 153 Å². The number of aliphatic hydroxyl groups is 6. The van der Waals surface area contributed by atoms with Crippen molar-refractivity contribution in [3.63, 3.8) is 0 Å². The molecule has 0 aliphatic carbocycles. The van der Waals surface area contributed by atoms with Crippen molar-refractivity contribution in [1.82, 2.24) is 9.44 Å². The predicted octanol–water partition coefficient (Wildman–Crippen LogP) is -9.03. The number of aliphatic hydroxyl groups excluding tert-OH is 6. The lowest BCUT2D eigenvalue weighted by Gasteiger charge is -2.48. The van der Waals surface area contributed by atoms with Gasteiger partial charge < -0.3 is 59.4 Å². The van der Waals surface area contributed by atoms with Gasteiger partial charge in [0.15, 0.2) is 25.0 Å². The quantitative estimate of drug-likeness (QED) is 0.0681. The summed E-state index contributed by atoms with van der Waals surface area (Å²) in [5.41, 5.74) is 0. The van der Waals surface area contributed by atoms with Crippen molar-refractivity contribution in [2.75, 3.05) is 13.2 Å². The minimum Gasteiger partial charge on any atom is -0.479 e. The maximum Gasteiger partial charge on any atom is 0.397 e. The minimum absolute atomic E-state index is 1.31. The Morgan fingerprint density at radius 3 is 1.55 bits per heavy atom. The topological polar surface area (TPSA) is 465 Å². The van der Waals surface area contributed by atoms with E-state index in [0.717, 1.165) is 0 Å². The maximum absolute atomic E-state index is 12.2. The molecule has 0 radical (unpaired) electrons. The van der Waals surface area contributed by atoms with Crippen molar-refractivity contribution < 1.29 is 124 Å². The fourth-order valence-corrected chi connectivity index (χ4v) is 6.74. The van der Waals surface area contributed by atoms with Crippen LogP contribution < -0.4 is 9.44 Å². The highest BCUT2D eigenvalue weighted by Crippen LogP contribution is 2.33. The minimum atomic E-state index is -5.33. The number of carboxylic acids is 1. The van der Waals surface area contributed by atoms with Gasteiger partial charge in [-0.1, -0.05) is 0 Å². The molecule has 3 heterocycles. The lowest BCUT2D eigenvalue weighted by Crippen LogP contribution is -2.69. The van der Waals surface area contributed by atoms with Gasteiger partial charge in [0, 0.05) is 0 Å². The molecule has 3 aliphatic heterocycles. The van der Waals surface area contributed by atoms with Crippen molar-refractivity contribution in [3.05, 3.63) is 0 Å². The summed E-state index contributed by atoms with van der Waals surface area (Å²) >= 11 is 0. The molecule has 3 rings (SSSR count). The first-order valence-electron chi connectivity index (χ1n) is 13.4. The Labute approximate surface area is 286 Å². The van der Waals surface area contributed by atoms with Crippen molar-refractivity contribution in [3.8, 4) is 0 Å². The summed E-state index contributed by atoms with van der Waals surface area (Å²) in [4.78, 5) is 12.2. The van der Waals surface area contributed by atoms with Crippen LogP contribution in [-0.2, 0) is 78.3 Å². The molecule has 300 valence electrons. The fourth-order valence-electron chi connectivity index (χ4n) is 4.93. The van der Waals surface area contributed by atoms with Crippen LogP contribution in [0.5, 0.6) is 0 Å². The number of carboxylic acid groups (broad SMARTS) is 1. The third-order valence-electron chi connectivity index (χ3n) is 7.10. The number of hydrogen-bond donors (Lipinski definition) is 13. The van der Waals surface area contributed by atoms with E-state index in [4.69, 9.17) is 37.3 Å². The Hall–Kier alpha value is -1.49. The number of aliphatic carboxylic acids is 1.